The zero-order chi connectivity index (χ0) is 29.6. The summed E-state index contributed by atoms with van der Waals surface area (Å²) in [6.07, 6.45) is 5.78. The smallest absolute Gasteiger partial charge is 0.232 e. The fraction of sp³-hybridized carbons (Fsp3) is 0.548. The third kappa shape index (κ3) is 6.84. The third-order valence-electron chi connectivity index (χ3n) is 8.37. The van der Waals surface area contributed by atoms with Gasteiger partial charge in [-0.05, 0) is 24.1 Å². The quantitative estimate of drug-likeness (QED) is 0.233. The topological polar surface area (TPSA) is 122 Å². The summed E-state index contributed by atoms with van der Waals surface area (Å²) in [6.45, 7) is 11.3. The lowest BCUT2D eigenvalue weighted by atomic mass is 10.1. The van der Waals surface area contributed by atoms with Crippen LogP contribution in [0.25, 0.3) is 11.0 Å². The van der Waals surface area contributed by atoms with Crippen molar-refractivity contribution in [3.8, 4) is 5.75 Å². The fourth-order valence-electron chi connectivity index (χ4n) is 5.92. The molecular formula is C31H44N8O3. The molecule has 4 heterocycles. The van der Waals surface area contributed by atoms with Crippen molar-refractivity contribution in [2.24, 2.45) is 5.92 Å². The van der Waals surface area contributed by atoms with Gasteiger partial charge in [0.1, 0.15) is 11.3 Å². The predicted octanol–water partition coefficient (Wildman–Crippen LogP) is 3.19. The van der Waals surface area contributed by atoms with Crippen LogP contribution in [-0.2, 0) is 22.7 Å². The van der Waals surface area contributed by atoms with Gasteiger partial charge in [0.25, 0.3) is 0 Å². The number of anilines is 2. The van der Waals surface area contributed by atoms with E-state index in [1.165, 1.54) is 16.9 Å². The van der Waals surface area contributed by atoms with Crippen LogP contribution in [0.5, 0.6) is 5.75 Å². The van der Waals surface area contributed by atoms with Crippen LogP contribution in [0, 0.1) is 5.92 Å². The van der Waals surface area contributed by atoms with Crippen LogP contribution in [0.3, 0.4) is 0 Å². The number of ether oxygens (including phenoxy) is 1. The maximum Gasteiger partial charge on any atom is 0.232 e. The monoisotopic (exact) mass is 576 g/mol. The van der Waals surface area contributed by atoms with E-state index in [4.69, 9.17) is 10.5 Å². The zero-order valence-electron chi connectivity index (χ0n) is 25.1. The Bertz CT molecular complexity index is 1400. The standard InChI is InChI=1S/C31H44N8O3/c1-4-5-6-10-33-29-28-25(34-31(32)35-29)9-11-38(28)21-24-8-7-23(19-26(24)42-3)20-37-14-12-36(13-15-37)16-17-39-27(40)18-22(2)30(39)41/h7-9,11,19,22H,4-6,10,12-18,20-21H2,1-3H3,(H3,32,33,34,35). The van der Waals surface area contributed by atoms with Crippen LogP contribution in [-0.4, -0.2) is 94.0 Å². The summed E-state index contributed by atoms with van der Waals surface area (Å²) < 4.78 is 7.98. The molecule has 0 saturated carbocycles. The summed E-state index contributed by atoms with van der Waals surface area (Å²) in [5.41, 5.74) is 10.0. The normalized spacial score (nSPS) is 18.4. The van der Waals surface area contributed by atoms with Gasteiger partial charge in [-0.3, -0.25) is 24.3 Å². The Labute approximate surface area is 248 Å². The number of aromatic nitrogens is 3. The number of benzene rings is 1. The largest absolute Gasteiger partial charge is 0.496 e. The summed E-state index contributed by atoms with van der Waals surface area (Å²) in [5, 5.41) is 3.47. The summed E-state index contributed by atoms with van der Waals surface area (Å²) in [4.78, 5) is 39.5. The molecule has 0 bridgehead atoms. The number of carbonyl (C=O) groups excluding carboxylic acids is 2. The minimum Gasteiger partial charge on any atom is -0.496 e. The van der Waals surface area contributed by atoms with Crippen molar-refractivity contribution in [2.75, 3.05) is 64.0 Å². The molecule has 1 aromatic carbocycles. The number of amides is 2. The minimum absolute atomic E-state index is 0.0291. The van der Waals surface area contributed by atoms with Crippen molar-refractivity contribution in [1.82, 2.24) is 29.2 Å². The Morgan fingerprint density at radius 2 is 1.81 bits per heavy atom. The molecule has 0 radical (unpaired) electrons. The molecule has 2 aliphatic heterocycles. The van der Waals surface area contributed by atoms with Crippen LogP contribution >= 0.6 is 0 Å². The average molecular weight is 577 g/mol. The van der Waals surface area contributed by atoms with E-state index in [1.54, 1.807) is 7.11 Å². The zero-order valence-corrected chi connectivity index (χ0v) is 25.1. The number of carbonyl (C=O) groups is 2. The number of methoxy groups -OCH3 is 1. The first kappa shape index (κ1) is 29.8. The molecule has 0 aliphatic carbocycles. The Morgan fingerprint density at radius 1 is 1.02 bits per heavy atom. The van der Waals surface area contributed by atoms with Crippen molar-refractivity contribution in [2.45, 2.75) is 52.6 Å². The Morgan fingerprint density at radius 3 is 2.52 bits per heavy atom. The first-order valence-electron chi connectivity index (χ1n) is 15.2. The third-order valence-corrected chi connectivity index (χ3v) is 8.37. The van der Waals surface area contributed by atoms with E-state index in [-0.39, 0.29) is 23.7 Å². The maximum atomic E-state index is 12.2. The van der Waals surface area contributed by atoms with Crippen LogP contribution in [0.15, 0.2) is 30.5 Å². The number of rotatable bonds is 13. The molecular weight excluding hydrogens is 532 g/mol. The molecule has 3 N–H and O–H groups in total. The number of nitrogens with zero attached hydrogens (tertiary/aromatic N) is 6. The lowest BCUT2D eigenvalue weighted by molar-refractivity contribution is -0.139. The molecule has 5 rings (SSSR count). The molecule has 2 amide bonds. The number of unbranched alkanes of at least 4 members (excludes halogenated alkanes) is 2. The second kappa shape index (κ2) is 13.5. The number of nitrogen functional groups attached to an aromatic ring is 1. The first-order valence-corrected chi connectivity index (χ1v) is 15.2. The van der Waals surface area contributed by atoms with E-state index in [1.807, 2.05) is 19.2 Å². The molecule has 0 spiro atoms. The number of fused-ring (bicyclic) bond motifs is 1. The summed E-state index contributed by atoms with van der Waals surface area (Å²) in [7, 11) is 1.72. The van der Waals surface area contributed by atoms with Gasteiger partial charge in [-0.2, -0.15) is 4.98 Å². The van der Waals surface area contributed by atoms with Gasteiger partial charge < -0.3 is 20.4 Å². The SMILES string of the molecule is CCCCCNc1nc(N)nc2ccn(Cc3ccc(CN4CCN(CCN5C(=O)CC(C)C5=O)CC4)cc3OC)c12. The summed E-state index contributed by atoms with van der Waals surface area (Å²) >= 11 is 0. The second-order valence-corrected chi connectivity index (χ2v) is 11.5. The highest BCUT2D eigenvalue weighted by atomic mass is 16.5. The number of hydrogen-bond acceptors (Lipinski definition) is 9. The molecule has 3 aromatic rings. The maximum absolute atomic E-state index is 12.2. The average Bonchev–Trinajstić information content (AvgIpc) is 3.49. The van der Waals surface area contributed by atoms with Crippen LogP contribution < -0.4 is 15.8 Å². The van der Waals surface area contributed by atoms with Gasteiger partial charge >= 0.3 is 0 Å². The molecule has 11 heteroatoms. The van der Waals surface area contributed by atoms with Crippen LogP contribution in [0.1, 0.15) is 50.7 Å². The second-order valence-electron chi connectivity index (χ2n) is 11.5. The summed E-state index contributed by atoms with van der Waals surface area (Å²) in [6, 6.07) is 8.44. The van der Waals surface area contributed by atoms with Gasteiger partial charge in [-0.1, -0.05) is 38.8 Å². The van der Waals surface area contributed by atoms with Crippen LogP contribution in [0.2, 0.25) is 0 Å². The molecule has 2 saturated heterocycles. The van der Waals surface area contributed by atoms with Gasteiger partial charge in [-0.25, -0.2) is 4.98 Å². The molecule has 2 fully saturated rings. The van der Waals surface area contributed by atoms with Gasteiger partial charge in [0, 0.05) is 76.5 Å². The molecule has 2 aromatic heterocycles. The number of nitrogens with two attached hydrogens (primary N) is 1. The molecule has 11 nitrogen and oxygen atoms in total. The van der Waals surface area contributed by atoms with Gasteiger partial charge in [-0.15, -0.1) is 0 Å². The molecule has 226 valence electrons. The van der Waals surface area contributed by atoms with E-state index in [9.17, 15) is 9.59 Å². The molecule has 1 atom stereocenters. The fourth-order valence-corrected chi connectivity index (χ4v) is 5.92. The number of hydrogen-bond donors (Lipinski definition) is 2. The van der Waals surface area contributed by atoms with Crippen molar-refractivity contribution in [3.63, 3.8) is 0 Å². The van der Waals surface area contributed by atoms with E-state index >= 15 is 0 Å². The van der Waals surface area contributed by atoms with Crippen molar-refractivity contribution < 1.29 is 14.3 Å². The number of likely N-dealkylation sites (tertiary alicyclic amines) is 1. The van der Waals surface area contributed by atoms with Crippen molar-refractivity contribution >= 4 is 34.6 Å². The van der Waals surface area contributed by atoms with E-state index in [2.05, 4.69) is 54.8 Å². The number of piperazine rings is 1. The highest BCUT2D eigenvalue weighted by Gasteiger charge is 2.35. The highest BCUT2D eigenvalue weighted by molar-refractivity contribution is 6.03. The van der Waals surface area contributed by atoms with E-state index in [0.717, 1.165) is 86.8 Å². The predicted molar refractivity (Wildman–Crippen MR) is 164 cm³/mol. The lowest BCUT2D eigenvalue weighted by Crippen LogP contribution is -2.48. The van der Waals surface area contributed by atoms with Gasteiger partial charge in [0.2, 0.25) is 17.8 Å². The minimum atomic E-state index is -0.177. The van der Waals surface area contributed by atoms with Crippen LogP contribution in [0.4, 0.5) is 11.8 Å². The Hall–Kier alpha value is -3.70. The highest BCUT2D eigenvalue weighted by Crippen LogP contribution is 2.28. The van der Waals surface area contributed by atoms with Gasteiger partial charge in [0.05, 0.1) is 19.2 Å². The van der Waals surface area contributed by atoms with Crippen molar-refractivity contribution in [3.05, 3.63) is 41.6 Å². The Kier molecular flexibility index (Phi) is 9.58. The summed E-state index contributed by atoms with van der Waals surface area (Å²) in [5.74, 6) is 1.65. The number of nitrogens with one attached hydrogen (secondary N) is 1. The molecule has 2 aliphatic rings. The van der Waals surface area contributed by atoms with E-state index < -0.39 is 0 Å². The molecule has 1 unspecified atom stereocenters. The first-order chi connectivity index (χ1) is 20.4. The Balaban J connectivity index is 1.18. The van der Waals surface area contributed by atoms with Gasteiger partial charge in [0.15, 0.2) is 5.82 Å². The number of imide groups is 1. The van der Waals surface area contributed by atoms with E-state index in [0.29, 0.717) is 19.5 Å². The molecule has 42 heavy (non-hydrogen) atoms. The lowest BCUT2D eigenvalue weighted by Gasteiger charge is -2.35. The van der Waals surface area contributed by atoms with Crippen molar-refractivity contribution in [1.29, 1.82) is 0 Å².